The highest BCUT2D eigenvalue weighted by molar-refractivity contribution is 8.49. The highest BCUT2D eigenvalue weighted by Crippen LogP contribution is 2.64. The second-order valence-corrected chi connectivity index (χ2v) is 15.5. The quantitative estimate of drug-likeness (QED) is 0.0794. The summed E-state index contributed by atoms with van der Waals surface area (Å²) in [7, 11) is -5.22. The zero-order valence-corrected chi connectivity index (χ0v) is 25.1. The molecule has 10 atom stereocenters. The van der Waals surface area contributed by atoms with Gasteiger partial charge in [0.05, 0.1) is 30.8 Å². The zero-order valence-electron chi connectivity index (χ0n) is 22.4. The Bertz CT molecular complexity index is 1880. The number of hydrogen-bond acceptors (Lipinski definition) is 17. The van der Waals surface area contributed by atoms with E-state index in [9.17, 15) is 33.7 Å². The SMILES string of the molecule is Nc1ncnc2c1ncn2[C@@H]1O[C@@H]2CO[P+](O)(S)C[C@@H]3[C@@H](O)[C@@H](OOP(=O)(O)O[C@H]2[C@H]1O)O[C@H]3n1cc(F)c2c(=O)[nH]cnc21. The van der Waals surface area contributed by atoms with Gasteiger partial charge in [-0.3, -0.25) is 13.9 Å². The normalized spacial score (nSPS) is 37.7. The number of nitrogens with two attached hydrogens (primary N) is 1. The van der Waals surface area contributed by atoms with Crippen LogP contribution in [0.25, 0.3) is 22.2 Å². The number of halogens is 1. The van der Waals surface area contributed by atoms with E-state index in [4.69, 9.17) is 29.1 Å². The molecule has 7 heterocycles. The number of phosphoric ester groups is 1. The summed E-state index contributed by atoms with van der Waals surface area (Å²) in [6.07, 6.45) is -6.84. The van der Waals surface area contributed by atoms with Crippen LogP contribution in [-0.2, 0) is 32.6 Å². The molecule has 4 aromatic heterocycles. The Morgan fingerprint density at radius 2 is 1.93 bits per heavy atom. The van der Waals surface area contributed by atoms with Crippen molar-refractivity contribution >= 4 is 55.0 Å². The van der Waals surface area contributed by atoms with Crippen LogP contribution in [-0.4, -0.2) is 97.5 Å². The molecule has 45 heavy (non-hydrogen) atoms. The van der Waals surface area contributed by atoms with Gasteiger partial charge >= 0.3 is 14.7 Å². The first-order valence-corrected chi connectivity index (χ1v) is 17.5. The largest absolute Gasteiger partial charge is 0.500 e. The minimum Gasteiger partial charge on any atom is -0.387 e. The van der Waals surface area contributed by atoms with Crippen LogP contribution in [0.1, 0.15) is 12.5 Å². The lowest BCUT2D eigenvalue weighted by molar-refractivity contribution is -0.342. The first-order chi connectivity index (χ1) is 21.3. The van der Waals surface area contributed by atoms with Crippen molar-refractivity contribution in [2.75, 3.05) is 18.5 Å². The fourth-order valence-corrected chi connectivity index (χ4v) is 8.54. The number of H-pyrrole nitrogens is 1. The van der Waals surface area contributed by atoms with E-state index in [0.717, 1.165) is 17.1 Å². The van der Waals surface area contributed by atoms with Crippen molar-refractivity contribution in [2.24, 2.45) is 5.92 Å². The number of aromatic amines is 1. The average Bonchev–Trinajstić information content (AvgIpc) is 3.71. The number of nitrogens with zero attached hydrogens (tertiary/aromatic N) is 6. The number of phosphoric acid groups is 1. The van der Waals surface area contributed by atoms with E-state index in [0.29, 0.717) is 0 Å². The van der Waals surface area contributed by atoms with E-state index in [1.54, 1.807) is 0 Å². The van der Waals surface area contributed by atoms with E-state index in [1.165, 1.54) is 17.2 Å². The summed E-state index contributed by atoms with van der Waals surface area (Å²) in [6.45, 7) is -4.33. The molecule has 242 valence electrons. The van der Waals surface area contributed by atoms with Gasteiger partial charge in [-0.15, -0.1) is 4.67 Å². The fourth-order valence-electron chi connectivity index (χ4n) is 5.54. The van der Waals surface area contributed by atoms with Gasteiger partial charge in [0, 0.05) is 6.20 Å². The molecule has 0 saturated carbocycles. The van der Waals surface area contributed by atoms with Crippen LogP contribution < -0.4 is 11.3 Å². The third-order valence-electron chi connectivity index (χ3n) is 7.55. The number of aromatic nitrogens is 7. The lowest BCUT2D eigenvalue weighted by atomic mass is 10.1. The molecule has 0 amide bonds. The van der Waals surface area contributed by atoms with Crippen LogP contribution in [0.3, 0.4) is 0 Å². The van der Waals surface area contributed by atoms with Gasteiger partial charge in [0.2, 0.25) is 6.29 Å². The molecule has 24 heteroatoms. The van der Waals surface area contributed by atoms with E-state index in [-0.39, 0.29) is 22.6 Å². The van der Waals surface area contributed by atoms with Crippen LogP contribution in [0, 0.1) is 11.7 Å². The van der Waals surface area contributed by atoms with Crippen molar-refractivity contribution in [2.45, 2.75) is 43.2 Å². The van der Waals surface area contributed by atoms with Crippen molar-refractivity contribution in [3.8, 4) is 0 Å². The van der Waals surface area contributed by atoms with Gasteiger partial charge in [0.1, 0.15) is 60.6 Å². The number of ether oxygens (including phenoxy) is 2. The number of rotatable bonds is 2. The number of hydrogen-bond donors (Lipinski definition) is 7. The third kappa shape index (κ3) is 5.44. The topological polar surface area (TPSA) is 274 Å². The van der Waals surface area contributed by atoms with E-state index in [2.05, 4.69) is 41.8 Å². The number of aliphatic hydroxyl groups is 2. The maximum atomic E-state index is 14.8. The molecule has 0 aromatic carbocycles. The third-order valence-corrected chi connectivity index (χ3v) is 10.6. The molecule has 3 aliphatic rings. The van der Waals surface area contributed by atoms with E-state index in [1.807, 2.05) is 0 Å². The first-order valence-electron chi connectivity index (χ1n) is 13.0. The van der Waals surface area contributed by atoms with Crippen molar-refractivity contribution < 1.29 is 57.0 Å². The standard InChI is InChI=1S/C21H23FN8O12P2S/c22-8-1-29(16-10(8)18(33)27-5-25-16)19-7-3-43(34,45)37-2-9-14(41-44(35,36)42-40-21(39-19)12(7)31)13(32)20(38-9)30-6-28-11-15(23)24-4-26-17(11)30/h1,4-7,9,12-14,19-21,31-32,34,45H,2-3H2,(H3-,23,24,25,26,27,33,35,36)/p+1/t7-,9-,12-,13-,14-,19-,20-,21-,43?/m1/s1. The molecule has 3 aliphatic heterocycles. The summed E-state index contributed by atoms with van der Waals surface area (Å²) in [5, 5.41) is 21.8. The highest BCUT2D eigenvalue weighted by Gasteiger charge is 2.56. The molecule has 3 fully saturated rings. The van der Waals surface area contributed by atoms with E-state index < -0.39 is 93.4 Å². The number of nitrogens with one attached hydrogen (secondary N) is 1. The molecule has 4 aromatic rings. The Morgan fingerprint density at radius 1 is 1.13 bits per heavy atom. The second kappa shape index (κ2) is 11.2. The van der Waals surface area contributed by atoms with Crippen molar-refractivity contribution in [1.82, 2.24) is 34.1 Å². The molecule has 20 nitrogen and oxygen atoms in total. The Kier molecular flexibility index (Phi) is 7.72. The summed E-state index contributed by atoms with van der Waals surface area (Å²) in [4.78, 5) is 57.3. The second-order valence-electron chi connectivity index (χ2n) is 10.4. The predicted octanol–water partition coefficient (Wildman–Crippen LogP) is -0.475. The minimum absolute atomic E-state index is 0.0549. The van der Waals surface area contributed by atoms with Gasteiger partial charge < -0.3 is 39.9 Å². The molecule has 7 N–H and O–H groups in total. The number of nitrogen functional groups attached to an aromatic ring is 1. The fraction of sp³-hybridized carbons (Fsp3) is 0.476. The molecule has 2 unspecified atom stereocenters. The van der Waals surface area contributed by atoms with Crippen molar-refractivity contribution in [3.63, 3.8) is 0 Å². The number of imidazole rings is 1. The minimum atomic E-state index is -5.22. The van der Waals surface area contributed by atoms with Gasteiger partial charge in [-0.2, -0.15) is 9.41 Å². The van der Waals surface area contributed by atoms with Crippen LogP contribution in [0.2, 0.25) is 0 Å². The van der Waals surface area contributed by atoms with Crippen molar-refractivity contribution in [3.05, 3.63) is 41.3 Å². The number of thiol groups is 1. The summed E-state index contributed by atoms with van der Waals surface area (Å²) in [5.74, 6) is -2.09. The highest BCUT2D eigenvalue weighted by atomic mass is 32.7. The molecule has 3 saturated heterocycles. The Hall–Kier alpha value is -2.69. The Morgan fingerprint density at radius 3 is 2.73 bits per heavy atom. The van der Waals surface area contributed by atoms with E-state index >= 15 is 0 Å². The molecule has 2 bridgehead atoms. The number of aliphatic hydroxyl groups excluding tert-OH is 2. The van der Waals surface area contributed by atoms with Gasteiger partial charge in [0.25, 0.3) is 5.56 Å². The molecular formula is C21H24FN8O12P2S+. The van der Waals surface area contributed by atoms with Crippen molar-refractivity contribution in [1.29, 1.82) is 0 Å². The van der Waals surface area contributed by atoms with Crippen LogP contribution in [0.15, 0.2) is 30.0 Å². The predicted molar refractivity (Wildman–Crippen MR) is 149 cm³/mol. The monoisotopic (exact) mass is 693 g/mol. The molecule has 0 spiro atoms. The summed E-state index contributed by atoms with van der Waals surface area (Å²) < 4.78 is 57.4. The van der Waals surface area contributed by atoms with Gasteiger partial charge in [-0.25, -0.2) is 33.8 Å². The van der Waals surface area contributed by atoms with Gasteiger partial charge in [0.15, 0.2) is 29.2 Å². The molecule has 7 rings (SSSR count). The maximum absolute atomic E-state index is 14.8. The lowest BCUT2D eigenvalue weighted by Crippen LogP contribution is -2.36. The Labute approximate surface area is 255 Å². The summed E-state index contributed by atoms with van der Waals surface area (Å²) in [6, 6.07) is 0. The number of fused-ring (bicyclic) bond motifs is 5. The van der Waals surface area contributed by atoms with Crippen LogP contribution in [0.4, 0.5) is 10.2 Å². The number of anilines is 1. The van der Waals surface area contributed by atoms with Crippen LogP contribution >= 0.6 is 27.0 Å². The summed E-state index contributed by atoms with van der Waals surface area (Å²) in [5.41, 5.74) is 5.27. The molecular weight excluding hydrogens is 669 g/mol. The maximum Gasteiger partial charge on any atom is 0.500 e. The first kappa shape index (κ1) is 30.9. The smallest absolute Gasteiger partial charge is 0.387 e. The average molecular weight is 693 g/mol. The summed E-state index contributed by atoms with van der Waals surface area (Å²) >= 11 is 4.30. The van der Waals surface area contributed by atoms with Gasteiger partial charge in [-0.1, -0.05) is 0 Å². The Balaban J connectivity index is 1.21. The lowest BCUT2D eigenvalue weighted by Gasteiger charge is -2.25. The molecule has 0 aliphatic carbocycles. The van der Waals surface area contributed by atoms with Crippen LogP contribution in [0.5, 0.6) is 0 Å². The van der Waals surface area contributed by atoms with Gasteiger partial charge in [-0.05, 0) is 0 Å². The molecule has 0 radical (unpaired) electrons. The zero-order chi connectivity index (χ0) is 31.8.